The summed E-state index contributed by atoms with van der Waals surface area (Å²) < 4.78 is 3.24. The SMILES string of the molecule is c1cc[n]([Ru][c]2ncc[nH]2)c1. The van der Waals surface area contributed by atoms with E-state index in [1.54, 1.807) is 6.20 Å². The molecule has 2 aromatic heterocycles. The number of nitrogens with zero attached hydrogens (tertiary/aromatic N) is 2. The molecule has 2 rings (SSSR count). The van der Waals surface area contributed by atoms with Crippen molar-refractivity contribution in [3.8, 4) is 0 Å². The van der Waals surface area contributed by atoms with Crippen LogP contribution >= 0.6 is 0 Å². The number of rotatable bonds is 2. The monoisotopic (exact) mass is 235 g/mol. The number of hydrogen-bond donors (Lipinski definition) is 1. The van der Waals surface area contributed by atoms with E-state index < -0.39 is 0 Å². The fourth-order valence-electron chi connectivity index (χ4n) is 0.734. The second-order valence-electron chi connectivity index (χ2n) is 1.96. The third kappa shape index (κ3) is 1.57. The summed E-state index contributed by atoms with van der Waals surface area (Å²) >= 11 is 0.0294. The van der Waals surface area contributed by atoms with Crippen LogP contribution in [0.15, 0.2) is 36.9 Å². The van der Waals surface area contributed by atoms with Crippen LogP contribution in [0.2, 0.25) is 0 Å². The summed E-state index contributed by atoms with van der Waals surface area (Å²) in [6.07, 6.45) is 7.75. The molecule has 0 aliphatic heterocycles. The fourth-order valence-corrected chi connectivity index (χ4v) is 2.20. The predicted octanol–water partition coefficient (Wildman–Crippen LogP) is 0.382. The Balaban J connectivity index is 2.14. The van der Waals surface area contributed by atoms with E-state index in [1.807, 2.05) is 18.3 Å². The van der Waals surface area contributed by atoms with Crippen LogP contribution in [0.3, 0.4) is 0 Å². The van der Waals surface area contributed by atoms with Crippen molar-refractivity contribution in [1.82, 2.24) is 13.3 Å². The zero-order valence-electron chi connectivity index (χ0n) is 5.71. The van der Waals surface area contributed by atoms with E-state index in [0.29, 0.717) is 0 Å². The van der Waals surface area contributed by atoms with Crippen molar-refractivity contribution in [3.05, 3.63) is 36.9 Å². The molecule has 0 fully saturated rings. The number of nitrogens with one attached hydrogen (secondary N) is 1. The first kappa shape index (κ1) is 6.80. The molecule has 1 N–H and O–H groups in total. The number of H-pyrrole nitrogens is 1. The number of aromatic amines is 1. The van der Waals surface area contributed by atoms with E-state index in [2.05, 4.69) is 25.7 Å². The van der Waals surface area contributed by atoms with Gasteiger partial charge in [0.1, 0.15) is 0 Å². The van der Waals surface area contributed by atoms with Crippen LogP contribution in [-0.2, 0) is 17.4 Å². The van der Waals surface area contributed by atoms with Crippen LogP contribution in [0.1, 0.15) is 0 Å². The van der Waals surface area contributed by atoms with Crippen LogP contribution in [0.25, 0.3) is 0 Å². The second kappa shape index (κ2) is 3.01. The standard InChI is InChI=1S/C4H4N.C3H3N2.Ru/c1-2-4-5-3-1;1-2-5-3-4-1;/h1-4H;1-2H,(H,4,5);/q-1;;+1. The summed E-state index contributed by atoms with van der Waals surface area (Å²) in [6, 6.07) is 4.05. The summed E-state index contributed by atoms with van der Waals surface area (Å²) in [5, 5.41) is 0. The Morgan fingerprint density at radius 3 is 2.82 bits per heavy atom. The Kier molecular flexibility index (Phi) is 1.86. The van der Waals surface area contributed by atoms with Gasteiger partial charge < -0.3 is 0 Å². The van der Waals surface area contributed by atoms with Gasteiger partial charge in [-0.2, -0.15) is 0 Å². The van der Waals surface area contributed by atoms with Crippen LogP contribution < -0.4 is 4.42 Å². The third-order valence-electron chi connectivity index (χ3n) is 1.19. The zero-order chi connectivity index (χ0) is 7.52. The Hall–Kier alpha value is -0.887. The van der Waals surface area contributed by atoms with Gasteiger partial charge in [0.2, 0.25) is 0 Å². The van der Waals surface area contributed by atoms with E-state index in [4.69, 9.17) is 0 Å². The molecular weight excluding hydrogens is 227 g/mol. The van der Waals surface area contributed by atoms with Gasteiger partial charge in [-0.05, 0) is 0 Å². The Morgan fingerprint density at radius 1 is 1.36 bits per heavy atom. The van der Waals surface area contributed by atoms with E-state index in [1.165, 1.54) is 0 Å². The van der Waals surface area contributed by atoms with Crippen LogP contribution in [0.4, 0.5) is 0 Å². The van der Waals surface area contributed by atoms with Gasteiger partial charge >= 0.3 is 72.0 Å². The van der Waals surface area contributed by atoms with Crippen LogP contribution in [-0.4, -0.2) is 13.3 Å². The molecule has 0 bridgehead atoms. The van der Waals surface area contributed by atoms with Gasteiger partial charge in [0, 0.05) is 0 Å². The van der Waals surface area contributed by atoms with E-state index in [9.17, 15) is 0 Å². The molecule has 0 aromatic carbocycles. The molecule has 0 atom stereocenters. The predicted molar refractivity (Wildman–Crippen MR) is 38.1 cm³/mol. The molecule has 58 valence electrons. The summed E-state index contributed by atoms with van der Waals surface area (Å²) in [7, 11) is 0. The molecule has 0 saturated carbocycles. The zero-order valence-corrected chi connectivity index (χ0v) is 7.45. The van der Waals surface area contributed by atoms with E-state index >= 15 is 0 Å². The van der Waals surface area contributed by atoms with Gasteiger partial charge in [-0.1, -0.05) is 0 Å². The molecule has 0 aliphatic rings. The maximum absolute atomic E-state index is 4.15. The molecule has 0 radical (unpaired) electrons. The number of hydrogen-bond acceptors (Lipinski definition) is 1. The maximum atomic E-state index is 4.15. The molecule has 0 saturated heterocycles. The van der Waals surface area contributed by atoms with Crippen LogP contribution in [0, 0.1) is 0 Å². The minimum atomic E-state index is 0.0294. The van der Waals surface area contributed by atoms with Gasteiger partial charge in [0.15, 0.2) is 0 Å². The van der Waals surface area contributed by atoms with Crippen molar-refractivity contribution >= 4 is 4.42 Å². The molecule has 4 heteroatoms. The van der Waals surface area contributed by atoms with E-state index in [0.717, 1.165) is 4.42 Å². The van der Waals surface area contributed by atoms with Gasteiger partial charge in [0.05, 0.1) is 0 Å². The molecule has 0 spiro atoms. The first-order chi connectivity index (χ1) is 5.45. The molecule has 2 heterocycles. The summed E-state index contributed by atoms with van der Waals surface area (Å²) in [6.45, 7) is 0. The quantitative estimate of drug-likeness (QED) is 0.749. The summed E-state index contributed by atoms with van der Waals surface area (Å²) in [5.74, 6) is 0. The van der Waals surface area contributed by atoms with Crippen molar-refractivity contribution in [2.24, 2.45) is 0 Å². The van der Waals surface area contributed by atoms with Crippen molar-refractivity contribution in [2.45, 2.75) is 0 Å². The first-order valence-corrected chi connectivity index (χ1v) is 4.85. The van der Waals surface area contributed by atoms with Crippen molar-refractivity contribution in [3.63, 3.8) is 0 Å². The Bertz CT molecular complexity index is 266. The average Bonchev–Trinajstić information content (AvgIpc) is 2.60. The number of aromatic nitrogens is 3. The van der Waals surface area contributed by atoms with Crippen molar-refractivity contribution < 1.29 is 17.4 Å². The Labute approximate surface area is 72.3 Å². The van der Waals surface area contributed by atoms with Gasteiger partial charge in [-0.15, -0.1) is 0 Å². The Morgan fingerprint density at radius 2 is 2.18 bits per heavy atom. The third-order valence-corrected chi connectivity index (χ3v) is 3.00. The minimum absolute atomic E-state index is 0.0294. The molecule has 3 nitrogen and oxygen atoms in total. The summed E-state index contributed by atoms with van der Waals surface area (Å²) in [4.78, 5) is 7.24. The normalized spacial score (nSPS) is 10.5. The molecule has 0 amide bonds. The topological polar surface area (TPSA) is 33.6 Å². The molecule has 11 heavy (non-hydrogen) atoms. The van der Waals surface area contributed by atoms with E-state index in [-0.39, 0.29) is 17.4 Å². The summed E-state index contributed by atoms with van der Waals surface area (Å²) in [5.41, 5.74) is 0. The fraction of sp³-hybridized carbons (Fsp3) is 0. The molecule has 0 unspecified atom stereocenters. The van der Waals surface area contributed by atoms with Gasteiger partial charge in [-0.25, -0.2) is 0 Å². The molecular formula is C7H7N3Ru. The second-order valence-corrected chi connectivity index (χ2v) is 4.07. The van der Waals surface area contributed by atoms with Gasteiger partial charge in [0.25, 0.3) is 0 Å². The van der Waals surface area contributed by atoms with Crippen molar-refractivity contribution in [1.29, 1.82) is 0 Å². The first-order valence-electron chi connectivity index (χ1n) is 3.21. The molecule has 0 aliphatic carbocycles. The van der Waals surface area contributed by atoms with Gasteiger partial charge in [-0.3, -0.25) is 0 Å². The van der Waals surface area contributed by atoms with Crippen LogP contribution in [0.5, 0.6) is 0 Å². The average molecular weight is 234 g/mol. The number of imidazole rings is 1. The van der Waals surface area contributed by atoms with Crippen molar-refractivity contribution in [2.75, 3.05) is 0 Å². The molecule has 2 aromatic rings.